The van der Waals surface area contributed by atoms with Gasteiger partial charge in [0.25, 0.3) is 5.91 Å². The van der Waals surface area contributed by atoms with Gasteiger partial charge < -0.3 is 10.1 Å². The number of anilines is 1. The molecule has 0 aliphatic carbocycles. The molecule has 0 spiro atoms. The molecule has 122 valence electrons. The third-order valence-corrected chi connectivity index (χ3v) is 4.24. The molecule has 0 bridgehead atoms. The van der Waals surface area contributed by atoms with Gasteiger partial charge in [-0.2, -0.15) is 0 Å². The molecule has 0 saturated carbocycles. The topological polar surface area (TPSA) is 38.3 Å². The summed E-state index contributed by atoms with van der Waals surface area (Å²) < 4.78 is 5.84. The summed E-state index contributed by atoms with van der Waals surface area (Å²) in [5, 5.41) is 5.17. The molecule has 0 unspecified atom stereocenters. The summed E-state index contributed by atoms with van der Waals surface area (Å²) in [7, 11) is 0. The zero-order valence-corrected chi connectivity index (χ0v) is 14.2. The fraction of sp³-hybridized carbons (Fsp3) is 0.190. The number of hydrogen-bond acceptors (Lipinski definition) is 2. The summed E-state index contributed by atoms with van der Waals surface area (Å²) >= 11 is 0. The number of carbonyl (C=O) groups excluding carboxylic acids is 1. The van der Waals surface area contributed by atoms with Crippen LogP contribution in [0.1, 0.15) is 18.1 Å². The van der Waals surface area contributed by atoms with E-state index in [9.17, 15) is 4.79 Å². The second-order valence-corrected chi connectivity index (χ2v) is 6.01. The van der Waals surface area contributed by atoms with Crippen LogP contribution >= 0.6 is 0 Å². The number of rotatable bonds is 4. The minimum Gasteiger partial charge on any atom is -0.481 e. The second kappa shape index (κ2) is 6.75. The number of aryl methyl sites for hydroxylation is 1. The SMILES string of the molecule is Cc1cccc(O[C@@H](C)C(=O)Nc2ccc3ccccc3c2)c1C. The van der Waals surface area contributed by atoms with Gasteiger partial charge in [0, 0.05) is 5.69 Å². The van der Waals surface area contributed by atoms with Crippen LogP contribution in [0.2, 0.25) is 0 Å². The van der Waals surface area contributed by atoms with Crippen molar-refractivity contribution in [1.82, 2.24) is 0 Å². The fourth-order valence-corrected chi connectivity index (χ4v) is 2.61. The third kappa shape index (κ3) is 3.40. The highest BCUT2D eigenvalue weighted by atomic mass is 16.5. The average Bonchev–Trinajstić information content (AvgIpc) is 2.58. The Morgan fingerprint density at radius 3 is 2.50 bits per heavy atom. The summed E-state index contributed by atoms with van der Waals surface area (Å²) in [5.74, 6) is 0.586. The van der Waals surface area contributed by atoms with Gasteiger partial charge in [0.05, 0.1) is 0 Å². The van der Waals surface area contributed by atoms with E-state index in [1.165, 1.54) is 0 Å². The fourth-order valence-electron chi connectivity index (χ4n) is 2.61. The summed E-state index contributed by atoms with van der Waals surface area (Å²) in [6.45, 7) is 5.79. The molecule has 1 amide bonds. The van der Waals surface area contributed by atoms with E-state index in [0.717, 1.165) is 33.3 Å². The van der Waals surface area contributed by atoms with Crippen molar-refractivity contribution in [2.75, 3.05) is 5.32 Å². The highest BCUT2D eigenvalue weighted by Crippen LogP contribution is 2.23. The van der Waals surface area contributed by atoms with Crippen LogP contribution < -0.4 is 10.1 Å². The van der Waals surface area contributed by atoms with Gasteiger partial charge in [-0.3, -0.25) is 4.79 Å². The Labute approximate surface area is 142 Å². The Bertz CT molecular complexity index is 886. The smallest absolute Gasteiger partial charge is 0.265 e. The number of benzene rings is 3. The van der Waals surface area contributed by atoms with Crippen molar-refractivity contribution in [2.24, 2.45) is 0 Å². The molecule has 0 radical (unpaired) electrons. The number of ether oxygens (including phenoxy) is 1. The van der Waals surface area contributed by atoms with Gasteiger partial charge in [-0.25, -0.2) is 0 Å². The Kier molecular flexibility index (Phi) is 4.52. The van der Waals surface area contributed by atoms with Crippen LogP contribution in [0.25, 0.3) is 10.8 Å². The van der Waals surface area contributed by atoms with Crippen molar-refractivity contribution >= 4 is 22.4 Å². The molecule has 0 heterocycles. The maximum Gasteiger partial charge on any atom is 0.265 e. The largest absolute Gasteiger partial charge is 0.481 e. The Balaban J connectivity index is 1.72. The number of nitrogens with one attached hydrogen (secondary N) is 1. The molecular formula is C21H21NO2. The molecule has 0 aliphatic heterocycles. The van der Waals surface area contributed by atoms with Crippen molar-refractivity contribution in [3.8, 4) is 5.75 Å². The molecule has 1 atom stereocenters. The molecule has 0 aromatic heterocycles. The lowest BCUT2D eigenvalue weighted by atomic mass is 10.1. The Morgan fingerprint density at radius 1 is 0.958 bits per heavy atom. The van der Waals surface area contributed by atoms with Gasteiger partial charge in [0.15, 0.2) is 6.10 Å². The van der Waals surface area contributed by atoms with Crippen LogP contribution in [0.15, 0.2) is 60.7 Å². The predicted octanol–water partition coefficient (Wildman–Crippen LogP) is 4.86. The zero-order chi connectivity index (χ0) is 17.1. The summed E-state index contributed by atoms with van der Waals surface area (Å²) in [4.78, 5) is 12.4. The van der Waals surface area contributed by atoms with Crippen molar-refractivity contribution in [2.45, 2.75) is 26.9 Å². The Morgan fingerprint density at radius 2 is 1.71 bits per heavy atom. The molecule has 3 aromatic carbocycles. The predicted molar refractivity (Wildman–Crippen MR) is 98.6 cm³/mol. The molecule has 0 fully saturated rings. The normalized spacial score (nSPS) is 12.0. The van der Waals surface area contributed by atoms with Gasteiger partial charge in [-0.1, -0.05) is 42.5 Å². The first kappa shape index (κ1) is 16.1. The van der Waals surface area contributed by atoms with E-state index in [0.29, 0.717) is 0 Å². The molecule has 3 aromatic rings. The highest BCUT2D eigenvalue weighted by molar-refractivity contribution is 5.96. The van der Waals surface area contributed by atoms with E-state index < -0.39 is 6.10 Å². The third-order valence-electron chi connectivity index (χ3n) is 4.24. The van der Waals surface area contributed by atoms with Gasteiger partial charge in [-0.05, 0) is 60.9 Å². The van der Waals surface area contributed by atoms with Crippen LogP contribution in [0, 0.1) is 13.8 Å². The van der Waals surface area contributed by atoms with E-state index in [4.69, 9.17) is 4.74 Å². The first-order valence-electron chi connectivity index (χ1n) is 8.07. The molecule has 3 rings (SSSR count). The van der Waals surface area contributed by atoms with Gasteiger partial charge in [-0.15, -0.1) is 0 Å². The summed E-state index contributed by atoms with van der Waals surface area (Å²) in [6.07, 6.45) is -0.572. The molecule has 24 heavy (non-hydrogen) atoms. The maximum absolute atomic E-state index is 12.4. The second-order valence-electron chi connectivity index (χ2n) is 6.01. The molecule has 0 aliphatic rings. The number of amides is 1. The zero-order valence-electron chi connectivity index (χ0n) is 14.2. The highest BCUT2D eigenvalue weighted by Gasteiger charge is 2.16. The van der Waals surface area contributed by atoms with Crippen LogP contribution in [-0.4, -0.2) is 12.0 Å². The quantitative estimate of drug-likeness (QED) is 0.745. The van der Waals surface area contributed by atoms with Gasteiger partial charge in [0.2, 0.25) is 0 Å². The maximum atomic E-state index is 12.4. The van der Waals surface area contributed by atoms with E-state index in [1.54, 1.807) is 6.92 Å². The van der Waals surface area contributed by atoms with Crippen molar-refractivity contribution in [3.05, 3.63) is 71.8 Å². The van der Waals surface area contributed by atoms with Gasteiger partial charge in [0.1, 0.15) is 5.75 Å². The number of carbonyl (C=O) groups is 1. The van der Waals surface area contributed by atoms with Gasteiger partial charge >= 0.3 is 0 Å². The summed E-state index contributed by atoms with van der Waals surface area (Å²) in [5.41, 5.74) is 2.98. The molecule has 3 heteroatoms. The van der Waals surface area contributed by atoms with E-state index in [1.807, 2.05) is 74.5 Å². The summed E-state index contributed by atoms with van der Waals surface area (Å²) in [6, 6.07) is 19.8. The molecule has 0 saturated heterocycles. The number of fused-ring (bicyclic) bond motifs is 1. The minimum atomic E-state index is -0.572. The number of hydrogen-bond donors (Lipinski definition) is 1. The van der Waals surface area contributed by atoms with E-state index in [-0.39, 0.29) is 5.91 Å². The lowest BCUT2D eigenvalue weighted by Gasteiger charge is -2.17. The van der Waals surface area contributed by atoms with Crippen LogP contribution in [0.4, 0.5) is 5.69 Å². The minimum absolute atomic E-state index is 0.161. The lowest BCUT2D eigenvalue weighted by Crippen LogP contribution is -2.30. The van der Waals surface area contributed by atoms with E-state index >= 15 is 0 Å². The standard InChI is InChI=1S/C21H21NO2/c1-14-7-6-10-20(15(14)2)24-16(3)21(23)22-19-12-11-17-8-4-5-9-18(17)13-19/h4-13,16H,1-3H3,(H,22,23)/t16-/m0/s1. The monoisotopic (exact) mass is 319 g/mol. The lowest BCUT2D eigenvalue weighted by molar-refractivity contribution is -0.122. The van der Waals surface area contributed by atoms with Crippen LogP contribution in [0.5, 0.6) is 5.75 Å². The van der Waals surface area contributed by atoms with Crippen LogP contribution in [-0.2, 0) is 4.79 Å². The van der Waals surface area contributed by atoms with Crippen LogP contribution in [0.3, 0.4) is 0 Å². The van der Waals surface area contributed by atoms with E-state index in [2.05, 4.69) is 5.32 Å². The first-order valence-corrected chi connectivity index (χ1v) is 8.07. The molecule has 3 nitrogen and oxygen atoms in total. The Hall–Kier alpha value is -2.81. The molecular weight excluding hydrogens is 298 g/mol. The van der Waals surface area contributed by atoms with Crippen molar-refractivity contribution in [1.29, 1.82) is 0 Å². The average molecular weight is 319 g/mol. The van der Waals surface area contributed by atoms with Crippen molar-refractivity contribution in [3.63, 3.8) is 0 Å². The first-order chi connectivity index (χ1) is 11.5. The molecule has 1 N–H and O–H groups in total. The van der Waals surface area contributed by atoms with Crippen molar-refractivity contribution < 1.29 is 9.53 Å².